The van der Waals surface area contributed by atoms with Crippen LogP contribution in [0.5, 0.6) is 5.75 Å². The van der Waals surface area contributed by atoms with E-state index in [1.54, 1.807) is 24.3 Å². The summed E-state index contributed by atoms with van der Waals surface area (Å²) < 4.78 is 10.9. The number of hydrogen-bond acceptors (Lipinski definition) is 5. The number of nitrogens with one attached hydrogen (secondary N) is 1. The zero-order valence-corrected chi connectivity index (χ0v) is 10.9. The van der Waals surface area contributed by atoms with Gasteiger partial charge in [-0.3, -0.25) is 4.79 Å². The molecule has 2 saturated heterocycles. The number of amides is 1. The Kier molecular flexibility index (Phi) is 3.60. The van der Waals surface area contributed by atoms with Crippen LogP contribution >= 0.6 is 0 Å². The van der Waals surface area contributed by atoms with E-state index in [0.717, 1.165) is 0 Å². The van der Waals surface area contributed by atoms with Crippen LogP contribution in [0.3, 0.4) is 0 Å². The van der Waals surface area contributed by atoms with Gasteiger partial charge in [0.25, 0.3) is 0 Å². The summed E-state index contributed by atoms with van der Waals surface area (Å²) in [5, 5.41) is 22.1. The molecule has 2 aliphatic heterocycles. The molecule has 20 heavy (non-hydrogen) atoms. The fraction of sp³-hybridized carbons (Fsp3) is 0.500. The van der Waals surface area contributed by atoms with E-state index in [1.807, 2.05) is 0 Å². The number of phenols is 1. The molecule has 4 atom stereocenters. The highest BCUT2D eigenvalue weighted by Gasteiger charge is 2.47. The summed E-state index contributed by atoms with van der Waals surface area (Å²) >= 11 is 0. The van der Waals surface area contributed by atoms with Crippen LogP contribution in [0.2, 0.25) is 0 Å². The van der Waals surface area contributed by atoms with Crippen LogP contribution in [0.15, 0.2) is 24.3 Å². The van der Waals surface area contributed by atoms with Crippen LogP contribution in [-0.4, -0.2) is 53.7 Å². The van der Waals surface area contributed by atoms with Crippen molar-refractivity contribution in [3.8, 4) is 5.75 Å². The molecule has 3 rings (SSSR count). The summed E-state index contributed by atoms with van der Waals surface area (Å²) in [6.45, 7) is 0.570. The minimum Gasteiger partial charge on any atom is -0.508 e. The van der Waals surface area contributed by atoms with E-state index in [9.17, 15) is 15.0 Å². The number of aliphatic hydroxyl groups is 1. The van der Waals surface area contributed by atoms with Gasteiger partial charge in [0.05, 0.1) is 25.7 Å². The smallest absolute Gasteiger partial charge is 0.224 e. The standard InChI is InChI=1S/C14H17NO5/c16-10-4-2-1-3-8(10)5-12(18)15-9-6-19-14-11(17)7-20-13(9)14/h1-4,9,11,13-14,16-17H,5-7H2,(H,15,18)/t9-,11-,13-,14-/m1/s1. The normalized spacial score (nSPS) is 32.0. The van der Waals surface area contributed by atoms with E-state index < -0.39 is 6.10 Å². The van der Waals surface area contributed by atoms with Gasteiger partial charge < -0.3 is 25.0 Å². The first-order valence-corrected chi connectivity index (χ1v) is 6.62. The van der Waals surface area contributed by atoms with Gasteiger partial charge in [-0.1, -0.05) is 18.2 Å². The fourth-order valence-electron chi connectivity index (χ4n) is 2.69. The minimum atomic E-state index is -0.625. The van der Waals surface area contributed by atoms with E-state index in [4.69, 9.17) is 9.47 Å². The molecule has 0 unspecified atom stereocenters. The summed E-state index contributed by atoms with van der Waals surface area (Å²) in [6.07, 6.45) is -1.17. The number of aromatic hydroxyl groups is 1. The molecule has 108 valence electrons. The SMILES string of the molecule is O=C(Cc1ccccc1O)N[C@@H]1CO[C@H]2[C@@H]1OC[C@H]2O. The monoisotopic (exact) mass is 279 g/mol. The molecule has 1 aromatic carbocycles. The third kappa shape index (κ3) is 2.49. The Balaban J connectivity index is 1.59. The van der Waals surface area contributed by atoms with Crippen LogP contribution in [0.25, 0.3) is 0 Å². The van der Waals surface area contributed by atoms with E-state index in [0.29, 0.717) is 12.2 Å². The van der Waals surface area contributed by atoms with Crippen LogP contribution in [-0.2, 0) is 20.7 Å². The quantitative estimate of drug-likeness (QED) is 0.699. The van der Waals surface area contributed by atoms with Gasteiger partial charge in [0.1, 0.15) is 24.1 Å². The van der Waals surface area contributed by atoms with Crippen LogP contribution < -0.4 is 5.32 Å². The Morgan fingerprint density at radius 1 is 1.25 bits per heavy atom. The number of benzene rings is 1. The number of carbonyl (C=O) groups is 1. The van der Waals surface area contributed by atoms with E-state index >= 15 is 0 Å². The number of ether oxygens (including phenoxy) is 2. The number of carbonyl (C=O) groups excluding carboxylic acids is 1. The van der Waals surface area contributed by atoms with Crippen molar-refractivity contribution in [2.24, 2.45) is 0 Å². The maximum atomic E-state index is 12.0. The van der Waals surface area contributed by atoms with Crippen molar-refractivity contribution in [1.29, 1.82) is 0 Å². The molecule has 6 heteroatoms. The molecule has 1 aromatic rings. The Bertz CT molecular complexity index is 506. The highest BCUT2D eigenvalue weighted by molar-refractivity contribution is 5.79. The summed E-state index contributed by atoms with van der Waals surface area (Å²) in [4.78, 5) is 12.0. The lowest BCUT2D eigenvalue weighted by Gasteiger charge is -2.17. The van der Waals surface area contributed by atoms with Crippen molar-refractivity contribution < 1.29 is 24.5 Å². The molecule has 1 amide bonds. The molecule has 0 bridgehead atoms. The molecule has 0 spiro atoms. The second-order valence-electron chi connectivity index (χ2n) is 5.14. The zero-order valence-electron chi connectivity index (χ0n) is 10.9. The largest absolute Gasteiger partial charge is 0.508 e. The van der Waals surface area contributed by atoms with E-state index in [-0.39, 0.29) is 42.9 Å². The topological polar surface area (TPSA) is 88.0 Å². The van der Waals surface area contributed by atoms with Crippen LogP contribution in [0.1, 0.15) is 5.56 Å². The molecule has 0 radical (unpaired) electrons. The molecule has 0 saturated carbocycles. The predicted octanol–water partition coefficient (Wildman–Crippen LogP) is -0.422. The average molecular weight is 279 g/mol. The second-order valence-corrected chi connectivity index (χ2v) is 5.14. The highest BCUT2D eigenvalue weighted by atomic mass is 16.6. The maximum absolute atomic E-state index is 12.0. The summed E-state index contributed by atoms with van der Waals surface area (Å²) in [6, 6.07) is 6.48. The van der Waals surface area contributed by atoms with Gasteiger partial charge in [0, 0.05) is 5.56 Å². The first kappa shape index (κ1) is 13.4. The highest BCUT2D eigenvalue weighted by Crippen LogP contribution is 2.27. The first-order chi connectivity index (χ1) is 9.65. The number of hydrogen-bond donors (Lipinski definition) is 3. The Labute approximate surface area is 116 Å². The number of phenolic OH excluding ortho intramolecular Hbond substituents is 1. The lowest BCUT2D eigenvalue weighted by Crippen LogP contribution is -2.44. The van der Waals surface area contributed by atoms with Gasteiger partial charge in [-0.05, 0) is 6.07 Å². The number of rotatable bonds is 3. The first-order valence-electron chi connectivity index (χ1n) is 6.62. The number of fused-ring (bicyclic) bond motifs is 1. The van der Waals surface area contributed by atoms with Crippen molar-refractivity contribution in [3.63, 3.8) is 0 Å². The summed E-state index contributed by atoms with van der Waals surface area (Å²) in [5.74, 6) is -0.0959. The van der Waals surface area contributed by atoms with Crippen molar-refractivity contribution in [2.45, 2.75) is 30.8 Å². The van der Waals surface area contributed by atoms with Gasteiger partial charge in [-0.2, -0.15) is 0 Å². The third-order valence-corrected chi connectivity index (χ3v) is 3.72. The van der Waals surface area contributed by atoms with Gasteiger partial charge in [0.2, 0.25) is 5.91 Å². The molecule has 3 N–H and O–H groups in total. The molecule has 2 fully saturated rings. The third-order valence-electron chi connectivity index (χ3n) is 3.72. The Morgan fingerprint density at radius 2 is 2.00 bits per heavy atom. The van der Waals surface area contributed by atoms with Crippen LogP contribution in [0, 0.1) is 0 Å². The van der Waals surface area contributed by atoms with Gasteiger partial charge in [0.15, 0.2) is 0 Å². The predicted molar refractivity (Wildman–Crippen MR) is 69.2 cm³/mol. The number of para-hydroxylation sites is 1. The van der Waals surface area contributed by atoms with Crippen molar-refractivity contribution in [1.82, 2.24) is 5.32 Å². The molecular weight excluding hydrogens is 262 g/mol. The lowest BCUT2D eigenvalue weighted by atomic mass is 10.1. The molecule has 0 aromatic heterocycles. The molecule has 0 aliphatic carbocycles. The second kappa shape index (κ2) is 5.40. The minimum absolute atomic E-state index is 0.100. The maximum Gasteiger partial charge on any atom is 0.224 e. The number of aliphatic hydroxyl groups excluding tert-OH is 1. The molecular formula is C14H17NO5. The summed E-state index contributed by atoms with van der Waals surface area (Å²) in [5.41, 5.74) is 0.577. The van der Waals surface area contributed by atoms with Crippen LogP contribution in [0.4, 0.5) is 0 Å². The molecule has 6 nitrogen and oxygen atoms in total. The summed E-state index contributed by atoms with van der Waals surface area (Å²) in [7, 11) is 0. The van der Waals surface area contributed by atoms with E-state index in [1.165, 1.54) is 0 Å². The lowest BCUT2D eigenvalue weighted by molar-refractivity contribution is -0.121. The zero-order chi connectivity index (χ0) is 14.1. The van der Waals surface area contributed by atoms with Crippen molar-refractivity contribution in [2.75, 3.05) is 13.2 Å². The van der Waals surface area contributed by atoms with Gasteiger partial charge in [-0.25, -0.2) is 0 Å². The Hall–Kier alpha value is -1.63. The Morgan fingerprint density at radius 3 is 2.80 bits per heavy atom. The van der Waals surface area contributed by atoms with Gasteiger partial charge >= 0.3 is 0 Å². The van der Waals surface area contributed by atoms with Crippen molar-refractivity contribution in [3.05, 3.63) is 29.8 Å². The molecule has 2 heterocycles. The van der Waals surface area contributed by atoms with Crippen molar-refractivity contribution >= 4 is 5.91 Å². The molecule has 2 aliphatic rings. The fourth-order valence-corrected chi connectivity index (χ4v) is 2.69. The van der Waals surface area contributed by atoms with E-state index in [2.05, 4.69) is 5.32 Å². The average Bonchev–Trinajstić information content (AvgIpc) is 2.97. The van der Waals surface area contributed by atoms with Gasteiger partial charge in [-0.15, -0.1) is 0 Å².